The Morgan fingerprint density at radius 2 is 1.28 bits per heavy atom. The Bertz CT molecular complexity index is 1100. The number of rotatable bonds is 10. The fraction of sp³-hybridized carbons (Fsp3) is 0.172. The fourth-order valence-corrected chi connectivity index (χ4v) is 3.76. The third kappa shape index (κ3) is 6.22. The summed E-state index contributed by atoms with van der Waals surface area (Å²) in [5, 5.41) is 3.74. The maximum Gasteiger partial charge on any atom is 0.120 e. The Hall–Kier alpha value is -3.56. The van der Waals surface area contributed by atoms with Gasteiger partial charge in [0.25, 0.3) is 0 Å². The summed E-state index contributed by atoms with van der Waals surface area (Å²) in [7, 11) is 1.71. The SMILES string of the molecule is COc1cccc(CC(NCc2cccc(OCc3ccccc3)c2)c2ccccc2)c1. The summed E-state index contributed by atoms with van der Waals surface area (Å²) in [6.07, 6.45) is 0.880. The van der Waals surface area contributed by atoms with Crippen molar-refractivity contribution in [3.05, 3.63) is 131 Å². The van der Waals surface area contributed by atoms with E-state index >= 15 is 0 Å². The lowest BCUT2D eigenvalue weighted by Gasteiger charge is -2.20. The minimum absolute atomic E-state index is 0.192. The van der Waals surface area contributed by atoms with E-state index in [1.54, 1.807) is 7.11 Å². The van der Waals surface area contributed by atoms with E-state index < -0.39 is 0 Å². The molecule has 1 atom stereocenters. The molecule has 1 unspecified atom stereocenters. The molecule has 0 spiro atoms. The highest BCUT2D eigenvalue weighted by molar-refractivity contribution is 5.32. The Morgan fingerprint density at radius 3 is 2.03 bits per heavy atom. The Balaban J connectivity index is 1.43. The second kappa shape index (κ2) is 11.2. The first kappa shape index (κ1) is 21.7. The minimum atomic E-state index is 0.192. The first-order valence-electron chi connectivity index (χ1n) is 11.0. The van der Waals surface area contributed by atoms with E-state index in [1.807, 2.05) is 36.4 Å². The van der Waals surface area contributed by atoms with Gasteiger partial charge in [0.1, 0.15) is 18.1 Å². The lowest BCUT2D eigenvalue weighted by Crippen LogP contribution is -2.23. The fourth-order valence-electron chi connectivity index (χ4n) is 3.76. The maximum atomic E-state index is 6.00. The predicted molar refractivity (Wildman–Crippen MR) is 130 cm³/mol. The monoisotopic (exact) mass is 423 g/mol. The normalized spacial score (nSPS) is 11.7. The number of hydrogen-bond donors (Lipinski definition) is 1. The predicted octanol–water partition coefficient (Wildman–Crippen LogP) is 6.35. The van der Waals surface area contributed by atoms with Gasteiger partial charge in [0.05, 0.1) is 7.11 Å². The van der Waals surface area contributed by atoms with Gasteiger partial charge in [-0.05, 0) is 52.9 Å². The molecule has 0 radical (unpaired) electrons. The number of methoxy groups -OCH3 is 1. The van der Waals surface area contributed by atoms with E-state index in [4.69, 9.17) is 9.47 Å². The molecule has 162 valence electrons. The van der Waals surface area contributed by atoms with Crippen LogP contribution in [-0.2, 0) is 19.6 Å². The summed E-state index contributed by atoms with van der Waals surface area (Å²) in [5.41, 5.74) is 4.87. The van der Waals surface area contributed by atoms with Gasteiger partial charge in [-0.1, -0.05) is 84.9 Å². The highest BCUT2D eigenvalue weighted by Crippen LogP contribution is 2.22. The molecule has 4 rings (SSSR count). The Kier molecular flexibility index (Phi) is 7.56. The molecule has 0 aliphatic rings. The first-order valence-corrected chi connectivity index (χ1v) is 11.0. The summed E-state index contributed by atoms with van der Waals surface area (Å²) in [4.78, 5) is 0. The molecule has 4 aromatic carbocycles. The Morgan fingerprint density at radius 1 is 0.656 bits per heavy atom. The van der Waals surface area contributed by atoms with Crippen molar-refractivity contribution in [1.82, 2.24) is 5.32 Å². The molecule has 0 heterocycles. The van der Waals surface area contributed by atoms with Crippen LogP contribution in [0.5, 0.6) is 11.5 Å². The van der Waals surface area contributed by atoms with Crippen LogP contribution in [0.25, 0.3) is 0 Å². The van der Waals surface area contributed by atoms with Gasteiger partial charge in [-0.2, -0.15) is 0 Å². The van der Waals surface area contributed by atoms with Gasteiger partial charge in [0.15, 0.2) is 0 Å². The number of hydrogen-bond acceptors (Lipinski definition) is 3. The topological polar surface area (TPSA) is 30.5 Å². The molecule has 0 aliphatic heterocycles. The minimum Gasteiger partial charge on any atom is -0.497 e. The smallest absolute Gasteiger partial charge is 0.120 e. The van der Waals surface area contributed by atoms with Gasteiger partial charge < -0.3 is 14.8 Å². The second-order valence-electron chi connectivity index (χ2n) is 7.82. The summed E-state index contributed by atoms with van der Waals surface area (Å²) in [6.45, 7) is 1.33. The number of benzene rings is 4. The van der Waals surface area contributed by atoms with E-state index in [2.05, 4.69) is 78.1 Å². The van der Waals surface area contributed by atoms with Gasteiger partial charge in [0, 0.05) is 12.6 Å². The zero-order chi connectivity index (χ0) is 22.0. The zero-order valence-electron chi connectivity index (χ0n) is 18.4. The van der Waals surface area contributed by atoms with Crippen LogP contribution in [-0.4, -0.2) is 7.11 Å². The molecule has 0 fully saturated rings. The van der Waals surface area contributed by atoms with Crippen molar-refractivity contribution in [1.29, 1.82) is 0 Å². The van der Waals surface area contributed by atoms with Gasteiger partial charge >= 0.3 is 0 Å². The van der Waals surface area contributed by atoms with E-state index in [0.29, 0.717) is 6.61 Å². The average Bonchev–Trinajstić information content (AvgIpc) is 2.87. The molecule has 32 heavy (non-hydrogen) atoms. The van der Waals surface area contributed by atoms with Crippen molar-refractivity contribution in [2.24, 2.45) is 0 Å². The van der Waals surface area contributed by atoms with E-state index in [0.717, 1.165) is 24.5 Å². The molecule has 0 aromatic heterocycles. The van der Waals surface area contributed by atoms with E-state index in [-0.39, 0.29) is 6.04 Å². The highest BCUT2D eigenvalue weighted by Gasteiger charge is 2.13. The van der Waals surface area contributed by atoms with E-state index in [1.165, 1.54) is 22.3 Å². The van der Waals surface area contributed by atoms with Crippen LogP contribution in [0.2, 0.25) is 0 Å². The van der Waals surface area contributed by atoms with Crippen LogP contribution >= 0.6 is 0 Å². The number of ether oxygens (including phenoxy) is 2. The highest BCUT2D eigenvalue weighted by atomic mass is 16.5. The van der Waals surface area contributed by atoms with Crippen LogP contribution in [0, 0.1) is 0 Å². The van der Waals surface area contributed by atoms with Gasteiger partial charge in [-0.25, -0.2) is 0 Å². The molecule has 4 aromatic rings. The van der Waals surface area contributed by atoms with Gasteiger partial charge in [-0.3, -0.25) is 0 Å². The van der Waals surface area contributed by atoms with Crippen molar-refractivity contribution in [2.75, 3.05) is 7.11 Å². The van der Waals surface area contributed by atoms with Crippen LogP contribution in [0.1, 0.15) is 28.3 Å². The molecule has 0 saturated heterocycles. The van der Waals surface area contributed by atoms with E-state index in [9.17, 15) is 0 Å². The first-order chi connectivity index (χ1) is 15.8. The van der Waals surface area contributed by atoms with Crippen molar-refractivity contribution in [3.8, 4) is 11.5 Å². The molecule has 3 heteroatoms. The Labute approximate surface area is 190 Å². The molecule has 0 aliphatic carbocycles. The standard InChI is InChI=1S/C29H29NO2/c1-31-27-16-8-12-24(18-27)20-29(26-14-6-3-7-15-26)30-21-25-13-9-17-28(19-25)32-22-23-10-4-2-5-11-23/h2-19,29-30H,20-22H2,1H3. The molecule has 0 saturated carbocycles. The summed E-state index contributed by atoms with van der Waals surface area (Å²) < 4.78 is 11.4. The lowest BCUT2D eigenvalue weighted by molar-refractivity contribution is 0.306. The van der Waals surface area contributed by atoms with Gasteiger partial charge in [0.2, 0.25) is 0 Å². The van der Waals surface area contributed by atoms with Crippen molar-refractivity contribution < 1.29 is 9.47 Å². The average molecular weight is 424 g/mol. The molecule has 1 N–H and O–H groups in total. The third-order valence-electron chi connectivity index (χ3n) is 5.48. The number of nitrogens with one attached hydrogen (secondary N) is 1. The summed E-state index contributed by atoms with van der Waals surface area (Å²) in [5.74, 6) is 1.77. The summed E-state index contributed by atoms with van der Waals surface area (Å²) >= 11 is 0. The van der Waals surface area contributed by atoms with Crippen LogP contribution in [0.4, 0.5) is 0 Å². The molecule has 0 bridgehead atoms. The van der Waals surface area contributed by atoms with Crippen molar-refractivity contribution in [2.45, 2.75) is 25.6 Å². The molecular formula is C29H29NO2. The van der Waals surface area contributed by atoms with Gasteiger partial charge in [-0.15, -0.1) is 0 Å². The third-order valence-corrected chi connectivity index (χ3v) is 5.48. The molecular weight excluding hydrogens is 394 g/mol. The largest absolute Gasteiger partial charge is 0.497 e. The van der Waals surface area contributed by atoms with Crippen molar-refractivity contribution in [3.63, 3.8) is 0 Å². The maximum absolute atomic E-state index is 6.00. The molecule has 3 nitrogen and oxygen atoms in total. The van der Waals surface area contributed by atoms with Crippen molar-refractivity contribution >= 4 is 0 Å². The lowest BCUT2D eigenvalue weighted by atomic mass is 9.98. The van der Waals surface area contributed by atoms with Crippen LogP contribution in [0.3, 0.4) is 0 Å². The van der Waals surface area contributed by atoms with Crippen LogP contribution < -0.4 is 14.8 Å². The quantitative estimate of drug-likeness (QED) is 0.322. The summed E-state index contributed by atoms with van der Waals surface area (Å²) in [6, 6.07) is 37.6. The van der Waals surface area contributed by atoms with Crippen LogP contribution in [0.15, 0.2) is 109 Å². The second-order valence-corrected chi connectivity index (χ2v) is 7.82. The molecule has 0 amide bonds. The zero-order valence-corrected chi connectivity index (χ0v) is 18.4.